The highest BCUT2D eigenvalue weighted by Gasteiger charge is 2.27. The van der Waals surface area contributed by atoms with Crippen LogP contribution in [0.2, 0.25) is 0 Å². The number of nitrogens with two attached hydrogens (primary N) is 2. The molecule has 0 aromatic carbocycles. The maximum absolute atomic E-state index is 10.6. The molecule has 0 saturated carbocycles. The van der Waals surface area contributed by atoms with Crippen molar-refractivity contribution in [2.45, 2.75) is 0 Å². The van der Waals surface area contributed by atoms with E-state index >= 15 is 0 Å². The predicted octanol–water partition coefficient (Wildman–Crippen LogP) is -1.50. The van der Waals surface area contributed by atoms with Crippen molar-refractivity contribution in [3.8, 4) is 0 Å². The second-order valence-corrected chi connectivity index (χ2v) is 4.50. The summed E-state index contributed by atoms with van der Waals surface area (Å²) in [6.45, 7) is 0.972. The summed E-state index contributed by atoms with van der Waals surface area (Å²) in [5.74, 6) is 0.521. The summed E-state index contributed by atoms with van der Waals surface area (Å²) in [5.41, 5.74) is 10.8. The van der Waals surface area contributed by atoms with Gasteiger partial charge < -0.3 is 21.3 Å². The fourth-order valence-corrected chi connectivity index (χ4v) is 1.98. The van der Waals surface area contributed by atoms with E-state index in [0.29, 0.717) is 19.3 Å². The van der Waals surface area contributed by atoms with Gasteiger partial charge in [-0.3, -0.25) is 9.46 Å². The number of aromatic nitrogens is 3. The Kier molecular flexibility index (Phi) is 2.90. The Labute approximate surface area is 92.0 Å². The predicted molar refractivity (Wildman–Crippen MR) is 58.8 cm³/mol. The van der Waals surface area contributed by atoms with E-state index in [4.69, 9.17) is 16.4 Å². The van der Waals surface area contributed by atoms with Crippen molar-refractivity contribution >= 4 is 25.9 Å². The molecule has 16 heavy (non-hydrogen) atoms. The number of nitrogen functional groups attached to an aromatic ring is 2. The van der Waals surface area contributed by atoms with E-state index in [2.05, 4.69) is 15.0 Å². The lowest BCUT2D eigenvalue weighted by molar-refractivity contribution is 0.209. The highest BCUT2D eigenvalue weighted by Crippen LogP contribution is 2.23. The van der Waals surface area contributed by atoms with Gasteiger partial charge in [0.05, 0.1) is 19.6 Å². The first kappa shape index (κ1) is 11.1. The van der Waals surface area contributed by atoms with Crippen molar-refractivity contribution in [1.29, 1.82) is 0 Å². The highest BCUT2D eigenvalue weighted by molar-refractivity contribution is 7.37. The minimum Gasteiger partial charge on any atom is -0.368 e. The van der Waals surface area contributed by atoms with Crippen molar-refractivity contribution in [1.82, 2.24) is 19.9 Å². The Morgan fingerprint density at radius 3 is 2.31 bits per heavy atom. The van der Waals surface area contributed by atoms with Crippen LogP contribution in [-0.4, -0.2) is 44.4 Å². The molecule has 1 aliphatic heterocycles. The van der Waals surface area contributed by atoms with Gasteiger partial charge in [-0.25, -0.2) is 0 Å². The summed E-state index contributed by atoms with van der Waals surface area (Å²) in [4.78, 5) is 23.8. The fourth-order valence-electron chi connectivity index (χ4n) is 1.40. The zero-order valence-electron chi connectivity index (χ0n) is 8.37. The van der Waals surface area contributed by atoms with Gasteiger partial charge in [0, 0.05) is 0 Å². The molecule has 9 nitrogen and oxygen atoms in total. The van der Waals surface area contributed by atoms with Crippen LogP contribution in [0.25, 0.3) is 0 Å². The standard InChI is InChI=1S/C6H12N7O2P/c7-4-9-5(8)11-6(10-4)13-1-12(2-13)3-16(14)15/h16H,1-3H2,(H,14,15)(H4,7,8,9,10,11). The molecule has 1 aliphatic rings. The van der Waals surface area contributed by atoms with Crippen LogP contribution in [0.3, 0.4) is 0 Å². The average Bonchev–Trinajstić information content (AvgIpc) is 2.08. The van der Waals surface area contributed by atoms with Crippen LogP contribution in [-0.2, 0) is 4.57 Å². The van der Waals surface area contributed by atoms with Crippen LogP contribution < -0.4 is 16.4 Å². The first-order valence-electron chi connectivity index (χ1n) is 4.51. The van der Waals surface area contributed by atoms with Crippen LogP contribution in [0.4, 0.5) is 17.8 Å². The van der Waals surface area contributed by atoms with E-state index in [1.165, 1.54) is 0 Å². The monoisotopic (exact) mass is 245 g/mol. The molecule has 0 aliphatic carbocycles. The quantitative estimate of drug-likeness (QED) is 0.543. The van der Waals surface area contributed by atoms with Crippen LogP contribution in [0.15, 0.2) is 0 Å². The average molecular weight is 245 g/mol. The van der Waals surface area contributed by atoms with Gasteiger partial charge in [-0.05, 0) is 0 Å². The van der Waals surface area contributed by atoms with Gasteiger partial charge in [0.15, 0.2) is 0 Å². The molecule has 0 bridgehead atoms. The van der Waals surface area contributed by atoms with E-state index in [-0.39, 0.29) is 18.2 Å². The minimum absolute atomic E-state index is 0.0664. The van der Waals surface area contributed by atoms with Crippen LogP contribution in [0.5, 0.6) is 0 Å². The third-order valence-corrected chi connectivity index (χ3v) is 2.76. The maximum atomic E-state index is 10.6. The van der Waals surface area contributed by atoms with Crippen molar-refractivity contribution in [3.05, 3.63) is 0 Å². The van der Waals surface area contributed by atoms with E-state index in [0.717, 1.165) is 0 Å². The Balaban J connectivity index is 1.98. The fraction of sp³-hybridized carbons (Fsp3) is 0.500. The molecule has 1 atom stereocenters. The number of hydrogen-bond acceptors (Lipinski definition) is 8. The topological polar surface area (TPSA) is 134 Å². The van der Waals surface area contributed by atoms with Crippen molar-refractivity contribution < 1.29 is 9.46 Å². The number of anilines is 3. The molecular weight excluding hydrogens is 233 g/mol. The van der Waals surface area contributed by atoms with Gasteiger partial charge in [0.2, 0.25) is 25.9 Å². The van der Waals surface area contributed by atoms with Crippen molar-refractivity contribution in [2.75, 3.05) is 36.0 Å². The molecule has 1 aromatic rings. The number of nitrogens with zero attached hydrogens (tertiary/aromatic N) is 5. The third-order valence-electron chi connectivity index (χ3n) is 2.04. The van der Waals surface area contributed by atoms with Gasteiger partial charge in [-0.1, -0.05) is 0 Å². The largest absolute Gasteiger partial charge is 0.368 e. The molecule has 10 heteroatoms. The molecule has 1 fully saturated rings. The van der Waals surface area contributed by atoms with E-state index in [1.54, 1.807) is 9.80 Å². The van der Waals surface area contributed by atoms with Gasteiger partial charge in [-0.2, -0.15) is 15.0 Å². The first-order valence-corrected chi connectivity index (χ1v) is 6.07. The third kappa shape index (κ3) is 2.38. The summed E-state index contributed by atoms with van der Waals surface area (Å²) in [5, 5.41) is 0. The Bertz CT molecular complexity index is 401. The lowest BCUT2D eigenvalue weighted by Crippen LogP contribution is -2.55. The van der Waals surface area contributed by atoms with Gasteiger partial charge >= 0.3 is 0 Å². The molecule has 0 spiro atoms. The zero-order chi connectivity index (χ0) is 11.7. The number of hydrogen-bond donors (Lipinski definition) is 3. The maximum Gasteiger partial charge on any atom is 0.234 e. The minimum atomic E-state index is -2.47. The Hall–Kier alpha value is -1.44. The molecule has 88 valence electrons. The molecule has 0 amide bonds. The highest BCUT2D eigenvalue weighted by atomic mass is 31.1. The van der Waals surface area contributed by atoms with E-state index in [1.807, 2.05) is 0 Å². The summed E-state index contributed by atoms with van der Waals surface area (Å²) < 4.78 is 10.6. The lowest BCUT2D eigenvalue weighted by atomic mass is 10.5. The van der Waals surface area contributed by atoms with Crippen molar-refractivity contribution in [3.63, 3.8) is 0 Å². The van der Waals surface area contributed by atoms with Crippen LogP contribution >= 0.6 is 8.03 Å². The molecule has 1 aromatic heterocycles. The zero-order valence-corrected chi connectivity index (χ0v) is 9.37. The van der Waals surface area contributed by atoms with Gasteiger partial charge in [-0.15, -0.1) is 0 Å². The SMILES string of the molecule is Nc1nc(N)nc(N2CN(C[PH](=O)O)C2)n1. The second kappa shape index (κ2) is 4.20. The van der Waals surface area contributed by atoms with Gasteiger partial charge in [0.25, 0.3) is 0 Å². The molecule has 0 radical (unpaired) electrons. The number of rotatable bonds is 3. The summed E-state index contributed by atoms with van der Waals surface area (Å²) in [6, 6.07) is 0. The van der Waals surface area contributed by atoms with Crippen LogP contribution in [0, 0.1) is 0 Å². The molecule has 2 rings (SSSR count). The van der Waals surface area contributed by atoms with Crippen molar-refractivity contribution in [2.24, 2.45) is 0 Å². The van der Waals surface area contributed by atoms with E-state index < -0.39 is 8.03 Å². The Morgan fingerprint density at radius 1 is 1.25 bits per heavy atom. The van der Waals surface area contributed by atoms with Crippen LogP contribution in [0.1, 0.15) is 0 Å². The smallest absolute Gasteiger partial charge is 0.234 e. The van der Waals surface area contributed by atoms with Gasteiger partial charge in [0.1, 0.15) is 0 Å². The summed E-state index contributed by atoms with van der Waals surface area (Å²) in [6.07, 6.45) is 0.178. The van der Waals surface area contributed by atoms with E-state index in [9.17, 15) is 4.57 Å². The Morgan fingerprint density at radius 2 is 1.81 bits per heavy atom. The molecular formula is C6H12N7O2P. The second-order valence-electron chi connectivity index (χ2n) is 3.40. The summed E-state index contributed by atoms with van der Waals surface area (Å²) in [7, 11) is -2.47. The molecule has 2 heterocycles. The first-order chi connectivity index (χ1) is 7.54. The molecule has 1 unspecified atom stereocenters. The summed E-state index contributed by atoms with van der Waals surface area (Å²) >= 11 is 0. The lowest BCUT2D eigenvalue weighted by Gasteiger charge is -2.41. The molecule has 1 saturated heterocycles. The molecule has 5 N–H and O–H groups in total. The normalized spacial score (nSPS) is 18.2.